The van der Waals surface area contributed by atoms with Crippen LogP contribution < -0.4 is 0 Å². The zero-order valence-electron chi connectivity index (χ0n) is 7.82. The molecule has 0 aromatic heterocycles. The van der Waals surface area contributed by atoms with E-state index in [1.165, 1.54) is 11.1 Å². The Balaban J connectivity index is 3.08. The van der Waals surface area contributed by atoms with Crippen molar-refractivity contribution in [3.8, 4) is 0 Å². The molecule has 0 saturated carbocycles. The number of carbonyl (C=O) groups excluding carboxylic acids is 1. The summed E-state index contributed by atoms with van der Waals surface area (Å²) in [6, 6.07) is 0. The summed E-state index contributed by atoms with van der Waals surface area (Å²) in [5.41, 5.74) is 2.48. The maximum absolute atomic E-state index is 11.4. The van der Waals surface area contributed by atoms with Crippen molar-refractivity contribution in [2.24, 2.45) is 5.41 Å². The molecule has 0 unspecified atom stereocenters. The minimum atomic E-state index is -0.192. The minimum Gasteiger partial charge on any atom is -0.299 e. The second kappa shape index (κ2) is 2.47. The second-order valence-electron chi connectivity index (χ2n) is 3.95. The highest BCUT2D eigenvalue weighted by Crippen LogP contribution is 2.36. The van der Waals surface area contributed by atoms with E-state index in [9.17, 15) is 4.79 Å². The maximum atomic E-state index is 11.4. The molecule has 0 aromatic carbocycles. The predicted molar refractivity (Wildman–Crippen MR) is 46.4 cm³/mol. The fraction of sp³-hybridized carbons (Fsp3) is 0.700. The summed E-state index contributed by atoms with van der Waals surface area (Å²) in [7, 11) is 0. The quantitative estimate of drug-likeness (QED) is 0.488. The van der Waals surface area contributed by atoms with E-state index >= 15 is 0 Å². The predicted octanol–water partition coefficient (Wildman–Crippen LogP) is 2.71. The summed E-state index contributed by atoms with van der Waals surface area (Å²) in [6.45, 7) is 8.25. The number of hydrogen-bond donors (Lipinski definition) is 0. The highest BCUT2D eigenvalue weighted by molar-refractivity contribution is 5.88. The highest BCUT2D eigenvalue weighted by atomic mass is 16.1. The molecular formula is C10H16O. The van der Waals surface area contributed by atoms with E-state index < -0.39 is 0 Å². The molecule has 1 rings (SSSR count). The number of allylic oxidation sites excluding steroid dienone is 2. The molecule has 1 aliphatic rings. The summed E-state index contributed by atoms with van der Waals surface area (Å²) >= 11 is 0. The van der Waals surface area contributed by atoms with Crippen LogP contribution in [0.4, 0.5) is 0 Å². The molecule has 1 aliphatic carbocycles. The first kappa shape index (κ1) is 8.51. The first-order valence-electron chi connectivity index (χ1n) is 4.16. The molecule has 0 fully saturated rings. The Morgan fingerprint density at radius 2 is 1.73 bits per heavy atom. The van der Waals surface area contributed by atoms with Gasteiger partial charge in [-0.15, -0.1) is 0 Å². The van der Waals surface area contributed by atoms with Crippen LogP contribution in [0.25, 0.3) is 0 Å². The standard InChI is InChI=1S/C10H16O/c1-7-5-6-9(11)10(3,4)8(7)2/h5-6H2,1-4H3. The topological polar surface area (TPSA) is 17.1 Å². The van der Waals surface area contributed by atoms with Crippen LogP contribution in [0.2, 0.25) is 0 Å². The van der Waals surface area contributed by atoms with Gasteiger partial charge in [-0.05, 0) is 34.1 Å². The first-order chi connectivity index (χ1) is 4.96. The number of hydrogen-bond acceptors (Lipinski definition) is 1. The van der Waals surface area contributed by atoms with E-state index in [2.05, 4.69) is 13.8 Å². The largest absolute Gasteiger partial charge is 0.299 e. The molecule has 62 valence electrons. The van der Waals surface area contributed by atoms with Gasteiger partial charge < -0.3 is 0 Å². The van der Waals surface area contributed by atoms with Crippen molar-refractivity contribution >= 4 is 5.78 Å². The molecule has 0 aliphatic heterocycles. The lowest BCUT2D eigenvalue weighted by atomic mass is 9.73. The molecule has 0 saturated heterocycles. The second-order valence-corrected chi connectivity index (χ2v) is 3.95. The van der Waals surface area contributed by atoms with Crippen LogP contribution in [0.3, 0.4) is 0 Å². The summed E-state index contributed by atoms with van der Waals surface area (Å²) in [5.74, 6) is 0.389. The molecule has 0 N–H and O–H groups in total. The molecule has 0 amide bonds. The molecule has 0 radical (unpaired) electrons. The van der Waals surface area contributed by atoms with Gasteiger partial charge in [-0.2, -0.15) is 0 Å². The van der Waals surface area contributed by atoms with Gasteiger partial charge in [0.1, 0.15) is 5.78 Å². The van der Waals surface area contributed by atoms with E-state index in [1.54, 1.807) is 0 Å². The van der Waals surface area contributed by atoms with Crippen molar-refractivity contribution < 1.29 is 4.79 Å². The van der Waals surface area contributed by atoms with Gasteiger partial charge in [-0.3, -0.25) is 4.79 Å². The van der Waals surface area contributed by atoms with Gasteiger partial charge in [0.05, 0.1) is 0 Å². The molecule has 0 spiro atoms. The Morgan fingerprint density at radius 1 is 1.18 bits per heavy atom. The van der Waals surface area contributed by atoms with Crippen LogP contribution >= 0.6 is 0 Å². The smallest absolute Gasteiger partial charge is 0.142 e. The van der Waals surface area contributed by atoms with Crippen LogP contribution in [-0.4, -0.2) is 5.78 Å². The lowest BCUT2D eigenvalue weighted by Crippen LogP contribution is -2.29. The van der Waals surface area contributed by atoms with E-state index in [0.29, 0.717) is 5.78 Å². The Hall–Kier alpha value is -0.590. The maximum Gasteiger partial charge on any atom is 0.142 e. The Labute approximate surface area is 68.5 Å². The monoisotopic (exact) mass is 152 g/mol. The SMILES string of the molecule is CC1=C(C)C(C)(C)C(=O)CC1. The molecule has 0 bridgehead atoms. The van der Waals surface area contributed by atoms with Crippen molar-refractivity contribution in [1.82, 2.24) is 0 Å². The molecule has 0 aromatic rings. The number of rotatable bonds is 0. The van der Waals surface area contributed by atoms with Gasteiger partial charge in [0.2, 0.25) is 0 Å². The molecule has 1 heteroatoms. The van der Waals surface area contributed by atoms with Crippen molar-refractivity contribution in [3.05, 3.63) is 11.1 Å². The van der Waals surface area contributed by atoms with E-state index in [1.807, 2.05) is 13.8 Å². The highest BCUT2D eigenvalue weighted by Gasteiger charge is 2.32. The van der Waals surface area contributed by atoms with Gasteiger partial charge >= 0.3 is 0 Å². The average molecular weight is 152 g/mol. The van der Waals surface area contributed by atoms with Crippen LogP contribution in [0.1, 0.15) is 40.5 Å². The van der Waals surface area contributed by atoms with Crippen LogP contribution in [-0.2, 0) is 4.79 Å². The van der Waals surface area contributed by atoms with Gasteiger partial charge in [0.15, 0.2) is 0 Å². The summed E-state index contributed by atoms with van der Waals surface area (Å²) in [6.07, 6.45) is 1.70. The first-order valence-corrected chi connectivity index (χ1v) is 4.16. The zero-order valence-corrected chi connectivity index (χ0v) is 7.82. The summed E-state index contributed by atoms with van der Waals surface area (Å²) < 4.78 is 0. The van der Waals surface area contributed by atoms with Crippen molar-refractivity contribution in [1.29, 1.82) is 0 Å². The molecular weight excluding hydrogens is 136 g/mol. The number of Topliss-reactive ketones (excluding diaryl/α,β-unsaturated/α-hetero) is 1. The zero-order chi connectivity index (χ0) is 8.65. The van der Waals surface area contributed by atoms with Gasteiger partial charge in [-0.1, -0.05) is 11.1 Å². The molecule has 0 atom stereocenters. The van der Waals surface area contributed by atoms with Crippen LogP contribution in [0, 0.1) is 5.41 Å². The third-order valence-electron chi connectivity index (χ3n) is 3.00. The summed E-state index contributed by atoms with van der Waals surface area (Å²) in [5, 5.41) is 0. The van der Waals surface area contributed by atoms with Gasteiger partial charge in [0, 0.05) is 11.8 Å². The van der Waals surface area contributed by atoms with Crippen molar-refractivity contribution in [2.45, 2.75) is 40.5 Å². The van der Waals surface area contributed by atoms with Gasteiger partial charge in [-0.25, -0.2) is 0 Å². The van der Waals surface area contributed by atoms with Gasteiger partial charge in [0.25, 0.3) is 0 Å². The lowest BCUT2D eigenvalue weighted by molar-refractivity contribution is -0.125. The van der Waals surface area contributed by atoms with Crippen LogP contribution in [0.5, 0.6) is 0 Å². The van der Waals surface area contributed by atoms with Crippen LogP contribution in [0.15, 0.2) is 11.1 Å². The van der Waals surface area contributed by atoms with Crippen molar-refractivity contribution in [2.75, 3.05) is 0 Å². The third-order valence-corrected chi connectivity index (χ3v) is 3.00. The molecule has 1 nitrogen and oxygen atoms in total. The van der Waals surface area contributed by atoms with Crippen molar-refractivity contribution in [3.63, 3.8) is 0 Å². The number of ketones is 1. The Kier molecular flexibility index (Phi) is 1.91. The number of carbonyl (C=O) groups is 1. The van der Waals surface area contributed by atoms with E-state index in [4.69, 9.17) is 0 Å². The normalized spacial score (nSPS) is 24.2. The fourth-order valence-corrected chi connectivity index (χ4v) is 1.54. The summed E-state index contributed by atoms with van der Waals surface area (Å²) in [4.78, 5) is 11.4. The average Bonchev–Trinajstić information content (AvgIpc) is 1.95. The Morgan fingerprint density at radius 3 is 2.18 bits per heavy atom. The lowest BCUT2D eigenvalue weighted by Gasteiger charge is -2.30. The minimum absolute atomic E-state index is 0.192. The molecule has 11 heavy (non-hydrogen) atoms. The Bertz CT molecular complexity index is 221. The third kappa shape index (κ3) is 1.24. The van der Waals surface area contributed by atoms with E-state index in [0.717, 1.165) is 12.8 Å². The fourth-order valence-electron chi connectivity index (χ4n) is 1.54. The molecule has 0 heterocycles. The van der Waals surface area contributed by atoms with E-state index in [-0.39, 0.29) is 5.41 Å².